The van der Waals surface area contributed by atoms with E-state index in [1.807, 2.05) is 32.0 Å². The maximum absolute atomic E-state index is 13.0. The van der Waals surface area contributed by atoms with Gasteiger partial charge in [0.25, 0.3) is 10.0 Å². The lowest BCUT2D eigenvalue weighted by Gasteiger charge is -2.22. The number of anilines is 1. The Hall–Kier alpha value is -2.34. The monoisotopic (exact) mass is 440 g/mol. The van der Waals surface area contributed by atoms with Gasteiger partial charge in [-0.15, -0.1) is 0 Å². The Morgan fingerprint density at radius 1 is 0.903 bits per heavy atom. The zero-order chi connectivity index (χ0) is 22.1. The van der Waals surface area contributed by atoms with E-state index in [1.165, 1.54) is 25.7 Å². The molecule has 2 aliphatic carbocycles. The molecule has 2 aliphatic rings. The number of hydrogen-bond acceptors (Lipinski definition) is 3. The summed E-state index contributed by atoms with van der Waals surface area (Å²) in [4.78, 5) is 13.3. The average Bonchev–Trinajstić information content (AvgIpc) is 3.56. The molecule has 4 rings (SSSR count). The number of rotatable bonds is 6. The molecular weight excluding hydrogens is 408 g/mol. The Balaban J connectivity index is 1.45. The molecule has 2 fully saturated rings. The number of amides is 1. The second kappa shape index (κ2) is 8.65. The van der Waals surface area contributed by atoms with Crippen molar-refractivity contribution in [3.63, 3.8) is 0 Å². The molecule has 0 unspecified atom stereocenters. The summed E-state index contributed by atoms with van der Waals surface area (Å²) in [5.74, 6) is 0.128. The first-order valence-electron chi connectivity index (χ1n) is 11.3. The van der Waals surface area contributed by atoms with Gasteiger partial charge in [0, 0.05) is 11.7 Å². The third-order valence-corrected chi connectivity index (χ3v) is 8.23. The van der Waals surface area contributed by atoms with Gasteiger partial charge in [0.1, 0.15) is 0 Å². The predicted octanol–water partition coefficient (Wildman–Crippen LogP) is 4.97. The second-order valence-corrected chi connectivity index (χ2v) is 10.9. The van der Waals surface area contributed by atoms with Crippen molar-refractivity contribution in [3.05, 3.63) is 59.2 Å². The molecule has 0 heterocycles. The van der Waals surface area contributed by atoms with Crippen LogP contribution in [0.2, 0.25) is 0 Å². The van der Waals surface area contributed by atoms with Gasteiger partial charge in [-0.2, -0.15) is 0 Å². The fourth-order valence-electron chi connectivity index (χ4n) is 4.47. The molecule has 31 heavy (non-hydrogen) atoms. The van der Waals surface area contributed by atoms with Crippen molar-refractivity contribution in [2.24, 2.45) is 0 Å². The van der Waals surface area contributed by atoms with Crippen molar-refractivity contribution < 1.29 is 13.2 Å². The lowest BCUT2D eigenvalue weighted by molar-refractivity contribution is -0.124. The van der Waals surface area contributed by atoms with Crippen LogP contribution in [-0.4, -0.2) is 20.4 Å². The first-order chi connectivity index (χ1) is 14.8. The summed E-state index contributed by atoms with van der Waals surface area (Å²) in [6.45, 7) is 3.86. The molecule has 166 valence electrons. The van der Waals surface area contributed by atoms with E-state index in [2.05, 4.69) is 10.0 Å². The number of carbonyl (C=O) groups is 1. The van der Waals surface area contributed by atoms with Crippen LogP contribution in [0.1, 0.15) is 68.1 Å². The van der Waals surface area contributed by atoms with Crippen LogP contribution >= 0.6 is 0 Å². The lowest BCUT2D eigenvalue weighted by atomic mass is 9.94. The zero-order valence-electron chi connectivity index (χ0n) is 18.4. The molecule has 2 aromatic rings. The molecule has 2 aromatic carbocycles. The van der Waals surface area contributed by atoms with Gasteiger partial charge in [0.15, 0.2) is 0 Å². The predicted molar refractivity (Wildman–Crippen MR) is 124 cm³/mol. The largest absolute Gasteiger partial charge is 0.353 e. The first-order valence-corrected chi connectivity index (χ1v) is 12.8. The van der Waals surface area contributed by atoms with Gasteiger partial charge < -0.3 is 5.32 Å². The van der Waals surface area contributed by atoms with E-state index in [9.17, 15) is 13.2 Å². The summed E-state index contributed by atoms with van der Waals surface area (Å²) in [7, 11) is -3.65. The third-order valence-electron chi connectivity index (χ3n) is 6.85. The topological polar surface area (TPSA) is 75.3 Å². The van der Waals surface area contributed by atoms with Gasteiger partial charge in [-0.05, 0) is 80.5 Å². The minimum Gasteiger partial charge on any atom is -0.353 e. The van der Waals surface area contributed by atoms with Crippen LogP contribution in [0.5, 0.6) is 0 Å². The molecule has 0 spiro atoms. The summed E-state index contributed by atoms with van der Waals surface area (Å²) in [6.07, 6.45) is 8.73. The number of carbonyl (C=O) groups excluding carboxylic acids is 1. The zero-order valence-corrected chi connectivity index (χ0v) is 19.2. The maximum atomic E-state index is 13.0. The minimum atomic E-state index is -3.65. The van der Waals surface area contributed by atoms with E-state index in [0.717, 1.165) is 42.4 Å². The van der Waals surface area contributed by atoms with Crippen LogP contribution in [0.25, 0.3) is 0 Å². The highest BCUT2D eigenvalue weighted by molar-refractivity contribution is 7.92. The van der Waals surface area contributed by atoms with Gasteiger partial charge in [-0.3, -0.25) is 9.52 Å². The molecule has 1 amide bonds. The van der Waals surface area contributed by atoms with Crippen LogP contribution < -0.4 is 10.0 Å². The van der Waals surface area contributed by atoms with Crippen molar-refractivity contribution in [3.8, 4) is 0 Å². The quantitative estimate of drug-likeness (QED) is 0.623. The molecule has 6 heteroatoms. The Morgan fingerprint density at radius 2 is 1.55 bits per heavy atom. The van der Waals surface area contributed by atoms with E-state index in [0.29, 0.717) is 5.69 Å². The summed E-state index contributed by atoms with van der Waals surface area (Å²) in [5.41, 5.74) is 3.01. The van der Waals surface area contributed by atoms with Crippen molar-refractivity contribution in [1.82, 2.24) is 5.32 Å². The Kier molecular flexibility index (Phi) is 6.11. The molecular formula is C25H32N2O3S. The molecule has 0 aliphatic heterocycles. The second-order valence-electron chi connectivity index (χ2n) is 9.17. The number of hydrogen-bond donors (Lipinski definition) is 2. The van der Waals surface area contributed by atoms with Crippen LogP contribution in [0.4, 0.5) is 5.69 Å². The number of sulfonamides is 1. The molecule has 0 aromatic heterocycles. The SMILES string of the molecule is Cc1ccc(S(=O)(=O)Nc2ccc(C3(C(=O)NC4CCCCCC4)CC3)cc2)cc1C. The Labute approximate surface area is 185 Å². The van der Waals surface area contributed by atoms with E-state index >= 15 is 0 Å². The molecule has 5 nitrogen and oxygen atoms in total. The minimum absolute atomic E-state index is 0.128. The molecule has 0 atom stereocenters. The molecule has 0 saturated heterocycles. The van der Waals surface area contributed by atoms with Crippen molar-refractivity contribution in [1.29, 1.82) is 0 Å². The van der Waals surface area contributed by atoms with E-state index in [1.54, 1.807) is 24.3 Å². The van der Waals surface area contributed by atoms with Crippen LogP contribution in [0, 0.1) is 13.8 Å². The standard InChI is InChI=1S/C25H32N2O3S/c1-18-9-14-23(17-19(18)2)31(29,30)27-22-12-10-20(11-13-22)25(15-16-25)24(28)26-21-7-5-3-4-6-8-21/h9-14,17,21,27H,3-8,15-16H2,1-2H3,(H,26,28). The molecule has 2 N–H and O–H groups in total. The van der Waals surface area contributed by atoms with Gasteiger partial charge >= 0.3 is 0 Å². The fourth-order valence-corrected chi connectivity index (χ4v) is 5.61. The summed E-state index contributed by atoms with van der Waals surface area (Å²) in [6, 6.07) is 12.7. The smallest absolute Gasteiger partial charge is 0.261 e. The van der Waals surface area contributed by atoms with Crippen molar-refractivity contribution >= 4 is 21.6 Å². The van der Waals surface area contributed by atoms with Gasteiger partial charge in [-0.25, -0.2) is 8.42 Å². The van der Waals surface area contributed by atoms with Crippen molar-refractivity contribution in [2.45, 2.75) is 81.6 Å². The Bertz CT molecular complexity index is 1050. The lowest BCUT2D eigenvalue weighted by Crippen LogP contribution is -2.41. The maximum Gasteiger partial charge on any atom is 0.261 e. The molecule has 2 saturated carbocycles. The highest BCUT2D eigenvalue weighted by atomic mass is 32.2. The van der Waals surface area contributed by atoms with Gasteiger partial charge in [0.05, 0.1) is 10.3 Å². The number of benzene rings is 2. The van der Waals surface area contributed by atoms with Crippen molar-refractivity contribution in [2.75, 3.05) is 4.72 Å². The summed E-state index contributed by atoms with van der Waals surface area (Å²) >= 11 is 0. The van der Waals surface area contributed by atoms with Gasteiger partial charge in [0.2, 0.25) is 5.91 Å². The number of aryl methyl sites for hydroxylation is 2. The third kappa shape index (κ3) is 4.79. The van der Waals surface area contributed by atoms with Crippen LogP contribution in [-0.2, 0) is 20.2 Å². The fraction of sp³-hybridized carbons (Fsp3) is 0.480. The summed E-state index contributed by atoms with van der Waals surface area (Å²) < 4.78 is 28.1. The first kappa shape index (κ1) is 21.9. The van der Waals surface area contributed by atoms with Crippen LogP contribution in [0.15, 0.2) is 47.4 Å². The molecule has 0 radical (unpaired) electrons. The normalized spacial score (nSPS) is 18.8. The average molecular weight is 441 g/mol. The van der Waals surface area contributed by atoms with E-state index < -0.39 is 15.4 Å². The van der Waals surface area contributed by atoms with Crippen LogP contribution in [0.3, 0.4) is 0 Å². The van der Waals surface area contributed by atoms with E-state index in [-0.39, 0.29) is 16.8 Å². The highest BCUT2D eigenvalue weighted by Crippen LogP contribution is 2.48. The summed E-state index contributed by atoms with van der Waals surface area (Å²) in [5, 5.41) is 3.29. The molecule has 0 bridgehead atoms. The number of nitrogens with one attached hydrogen (secondary N) is 2. The Morgan fingerprint density at radius 3 is 2.13 bits per heavy atom. The van der Waals surface area contributed by atoms with Gasteiger partial charge in [-0.1, -0.05) is 43.9 Å². The van der Waals surface area contributed by atoms with E-state index in [4.69, 9.17) is 0 Å². The highest BCUT2D eigenvalue weighted by Gasteiger charge is 2.51.